The molecule has 2 atom stereocenters. The van der Waals surface area contributed by atoms with Crippen molar-refractivity contribution in [2.24, 2.45) is 0 Å². The third-order valence-electron chi connectivity index (χ3n) is 4.46. The van der Waals surface area contributed by atoms with Gasteiger partial charge in [0.25, 0.3) is 5.91 Å². The van der Waals surface area contributed by atoms with Gasteiger partial charge in [0.05, 0.1) is 12.7 Å². The summed E-state index contributed by atoms with van der Waals surface area (Å²) in [6.07, 6.45) is 2.97. The number of amides is 1. The summed E-state index contributed by atoms with van der Waals surface area (Å²) >= 11 is 0. The van der Waals surface area contributed by atoms with Crippen LogP contribution in [0.25, 0.3) is 0 Å². The molecule has 1 aromatic carbocycles. The second-order valence-electron chi connectivity index (χ2n) is 6.43. The molecule has 2 aromatic rings. The average Bonchev–Trinajstić information content (AvgIpc) is 3.13. The maximum atomic E-state index is 12.6. The Bertz CT molecular complexity index is 852. The minimum atomic E-state index is -1.16. The Morgan fingerprint density at radius 2 is 2.15 bits per heavy atom. The Kier molecular flexibility index (Phi) is 5.59. The van der Waals surface area contributed by atoms with Gasteiger partial charge >= 0.3 is 5.97 Å². The Labute approximate surface area is 157 Å². The molecular formula is C20H22N2O5. The summed E-state index contributed by atoms with van der Waals surface area (Å²) in [6.45, 7) is 4.48. The van der Waals surface area contributed by atoms with E-state index in [1.807, 2.05) is 13.8 Å². The molecule has 2 unspecified atom stereocenters. The van der Waals surface area contributed by atoms with E-state index in [0.717, 1.165) is 24.2 Å². The number of hydrogen-bond acceptors (Lipinski definition) is 5. The summed E-state index contributed by atoms with van der Waals surface area (Å²) in [5.74, 6) is -0.545. The van der Waals surface area contributed by atoms with Crippen molar-refractivity contribution in [2.45, 2.75) is 38.8 Å². The fraction of sp³-hybridized carbons (Fsp3) is 0.350. The van der Waals surface area contributed by atoms with E-state index in [-0.39, 0.29) is 6.10 Å². The SMILES string of the molecule is CCC(C)Oc1cc(C(=O)NC(C(=O)O)c2ccc3c(c2)CCO3)ccn1. The Hall–Kier alpha value is -3.09. The molecule has 0 saturated carbocycles. The molecule has 1 aliphatic rings. The number of aromatic nitrogens is 1. The number of ether oxygens (including phenoxy) is 2. The minimum Gasteiger partial charge on any atom is -0.493 e. The van der Waals surface area contributed by atoms with E-state index in [4.69, 9.17) is 9.47 Å². The van der Waals surface area contributed by atoms with Gasteiger partial charge in [0.2, 0.25) is 5.88 Å². The summed E-state index contributed by atoms with van der Waals surface area (Å²) in [7, 11) is 0. The van der Waals surface area contributed by atoms with E-state index in [0.29, 0.717) is 23.6 Å². The molecule has 0 saturated heterocycles. The summed E-state index contributed by atoms with van der Waals surface area (Å²) in [6, 6.07) is 7.05. The molecule has 2 heterocycles. The normalized spacial score (nSPS) is 14.6. The van der Waals surface area contributed by atoms with E-state index in [1.165, 1.54) is 18.3 Å². The van der Waals surface area contributed by atoms with Crippen LogP contribution in [0.15, 0.2) is 36.5 Å². The van der Waals surface area contributed by atoms with Crippen LogP contribution in [0.2, 0.25) is 0 Å². The van der Waals surface area contributed by atoms with Crippen LogP contribution in [0.5, 0.6) is 11.6 Å². The summed E-state index contributed by atoms with van der Waals surface area (Å²) < 4.78 is 11.1. The summed E-state index contributed by atoms with van der Waals surface area (Å²) in [5.41, 5.74) is 1.74. The zero-order valence-electron chi connectivity index (χ0n) is 15.3. The molecule has 0 bridgehead atoms. The molecule has 27 heavy (non-hydrogen) atoms. The summed E-state index contributed by atoms with van der Waals surface area (Å²) in [4.78, 5) is 28.4. The highest BCUT2D eigenvalue weighted by Crippen LogP contribution is 2.28. The quantitative estimate of drug-likeness (QED) is 0.778. The van der Waals surface area contributed by atoms with Gasteiger partial charge in [0.15, 0.2) is 6.04 Å². The molecule has 0 aliphatic carbocycles. The van der Waals surface area contributed by atoms with Gasteiger partial charge in [0, 0.05) is 24.2 Å². The van der Waals surface area contributed by atoms with Crippen LogP contribution >= 0.6 is 0 Å². The van der Waals surface area contributed by atoms with Gasteiger partial charge in [-0.1, -0.05) is 13.0 Å². The van der Waals surface area contributed by atoms with E-state index >= 15 is 0 Å². The molecule has 2 N–H and O–H groups in total. The van der Waals surface area contributed by atoms with Crippen molar-refractivity contribution in [1.82, 2.24) is 10.3 Å². The van der Waals surface area contributed by atoms with Gasteiger partial charge in [-0.3, -0.25) is 4.79 Å². The number of carbonyl (C=O) groups excluding carboxylic acids is 1. The molecular weight excluding hydrogens is 348 g/mol. The molecule has 142 valence electrons. The van der Waals surface area contributed by atoms with Crippen LogP contribution < -0.4 is 14.8 Å². The van der Waals surface area contributed by atoms with Crippen molar-refractivity contribution < 1.29 is 24.2 Å². The number of carbonyl (C=O) groups is 2. The standard InChI is InChI=1S/C20H22N2O5/c1-3-12(2)27-17-11-15(6-8-21-17)19(23)22-18(20(24)25)14-4-5-16-13(10-14)7-9-26-16/h4-6,8,10-12,18H,3,7,9H2,1-2H3,(H,22,23)(H,24,25). The molecule has 3 rings (SSSR count). The largest absolute Gasteiger partial charge is 0.493 e. The topological polar surface area (TPSA) is 97.8 Å². The maximum Gasteiger partial charge on any atom is 0.330 e. The van der Waals surface area contributed by atoms with E-state index < -0.39 is 17.9 Å². The predicted octanol–water partition coefficient (Wildman–Crippen LogP) is 2.75. The molecule has 0 radical (unpaired) electrons. The number of nitrogens with zero attached hydrogens (tertiary/aromatic N) is 1. The van der Waals surface area contributed by atoms with Gasteiger partial charge in [0.1, 0.15) is 5.75 Å². The van der Waals surface area contributed by atoms with Crippen LogP contribution in [0.3, 0.4) is 0 Å². The van der Waals surface area contributed by atoms with Gasteiger partial charge in [-0.15, -0.1) is 0 Å². The van der Waals surface area contributed by atoms with Crippen molar-refractivity contribution in [3.63, 3.8) is 0 Å². The average molecular weight is 370 g/mol. The molecule has 7 nitrogen and oxygen atoms in total. The highest BCUT2D eigenvalue weighted by molar-refractivity contribution is 5.97. The number of carboxylic acids is 1. The third-order valence-corrected chi connectivity index (χ3v) is 4.46. The Morgan fingerprint density at radius 3 is 2.89 bits per heavy atom. The predicted molar refractivity (Wildman–Crippen MR) is 98.1 cm³/mol. The molecule has 0 fully saturated rings. The van der Waals surface area contributed by atoms with Gasteiger partial charge in [-0.25, -0.2) is 9.78 Å². The number of aliphatic carboxylic acids is 1. The van der Waals surface area contributed by atoms with Crippen molar-refractivity contribution in [2.75, 3.05) is 6.61 Å². The first kappa shape index (κ1) is 18.7. The highest BCUT2D eigenvalue weighted by Gasteiger charge is 2.25. The van der Waals surface area contributed by atoms with Crippen molar-refractivity contribution >= 4 is 11.9 Å². The van der Waals surface area contributed by atoms with Crippen molar-refractivity contribution in [3.05, 3.63) is 53.2 Å². The van der Waals surface area contributed by atoms with Gasteiger partial charge in [-0.2, -0.15) is 0 Å². The van der Waals surface area contributed by atoms with E-state index in [1.54, 1.807) is 18.2 Å². The van der Waals surface area contributed by atoms with Crippen LogP contribution in [0, 0.1) is 0 Å². The number of nitrogens with one attached hydrogen (secondary N) is 1. The van der Waals surface area contributed by atoms with Crippen LogP contribution in [0.4, 0.5) is 0 Å². The van der Waals surface area contributed by atoms with Crippen molar-refractivity contribution in [1.29, 1.82) is 0 Å². The van der Waals surface area contributed by atoms with Gasteiger partial charge < -0.3 is 19.9 Å². The van der Waals surface area contributed by atoms with Crippen LogP contribution in [-0.2, 0) is 11.2 Å². The van der Waals surface area contributed by atoms with E-state index in [2.05, 4.69) is 10.3 Å². The second kappa shape index (κ2) is 8.07. The lowest BCUT2D eigenvalue weighted by Gasteiger charge is -2.16. The zero-order chi connectivity index (χ0) is 19.4. The lowest BCUT2D eigenvalue weighted by molar-refractivity contribution is -0.139. The molecule has 1 aliphatic heterocycles. The second-order valence-corrected chi connectivity index (χ2v) is 6.43. The lowest BCUT2D eigenvalue weighted by Crippen LogP contribution is -2.33. The number of fused-ring (bicyclic) bond motifs is 1. The molecule has 7 heteroatoms. The Morgan fingerprint density at radius 1 is 1.33 bits per heavy atom. The monoisotopic (exact) mass is 370 g/mol. The first-order valence-corrected chi connectivity index (χ1v) is 8.90. The molecule has 1 amide bonds. The number of hydrogen-bond donors (Lipinski definition) is 2. The van der Waals surface area contributed by atoms with Crippen molar-refractivity contribution in [3.8, 4) is 11.6 Å². The fourth-order valence-corrected chi connectivity index (χ4v) is 2.79. The minimum absolute atomic E-state index is 0.0313. The Balaban J connectivity index is 1.78. The zero-order valence-corrected chi connectivity index (χ0v) is 15.3. The first-order valence-electron chi connectivity index (χ1n) is 8.90. The van der Waals surface area contributed by atoms with Gasteiger partial charge in [-0.05, 0) is 42.7 Å². The smallest absolute Gasteiger partial charge is 0.330 e. The molecule has 0 spiro atoms. The molecule has 1 aromatic heterocycles. The number of pyridine rings is 1. The number of benzene rings is 1. The lowest BCUT2D eigenvalue weighted by atomic mass is 10.0. The first-order chi connectivity index (χ1) is 13.0. The van der Waals surface area contributed by atoms with Crippen LogP contribution in [-0.4, -0.2) is 34.7 Å². The highest BCUT2D eigenvalue weighted by atomic mass is 16.5. The maximum absolute atomic E-state index is 12.6. The number of carboxylic acid groups (broad SMARTS) is 1. The van der Waals surface area contributed by atoms with Crippen LogP contribution in [0.1, 0.15) is 47.8 Å². The number of rotatable bonds is 7. The van der Waals surface area contributed by atoms with E-state index in [9.17, 15) is 14.7 Å². The fourth-order valence-electron chi connectivity index (χ4n) is 2.79. The third kappa shape index (κ3) is 4.36. The summed E-state index contributed by atoms with van der Waals surface area (Å²) in [5, 5.41) is 12.2.